The van der Waals surface area contributed by atoms with Crippen LogP contribution in [0.4, 0.5) is 0 Å². The Kier molecular flexibility index (Phi) is 6.22. The Morgan fingerprint density at radius 1 is 0.375 bits per heavy atom. The van der Waals surface area contributed by atoms with Crippen molar-refractivity contribution in [2.75, 3.05) is 0 Å². The summed E-state index contributed by atoms with van der Waals surface area (Å²) in [6, 6.07) is 58.9. The standard InChI is InChI=1S/C44H26N4/c45-27-30-12-11-13-31(28-46)44(30)39-26-43-38(35-19-8-10-21-41(35)48(43)33-16-5-2-6-17-33)25-36(39)29-22-23-42-37(24-29)34-18-7-9-20-40(34)47(42)32-14-3-1-4-15-32/h1-26H. The quantitative estimate of drug-likeness (QED) is 0.199. The van der Waals surface area contributed by atoms with Gasteiger partial charge in [0.1, 0.15) is 0 Å². The van der Waals surface area contributed by atoms with Gasteiger partial charge in [-0.15, -0.1) is 0 Å². The Morgan fingerprint density at radius 3 is 1.46 bits per heavy atom. The van der Waals surface area contributed by atoms with Crippen molar-refractivity contribution in [3.05, 3.63) is 169 Å². The van der Waals surface area contributed by atoms with E-state index in [0.717, 1.165) is 71.7 Å². The van der Waals surface area contributed by atoms with Crippen LogP contribution in [0, 0.1) is 22.7 Å². The molecule has 0 aliphatic heterocycles. The average Bonchev–Trinajstić information content (AvgIpc) is 3.66. The maximum atomic E-state index is 10.3. The lowest BCUT2D eigenvalue weighted by atomic mass is 9.87. The molecular formula is C44H26N4. The highest BCUT2D eigenvalue weighted by atomic mass is 15.0. The highest BCUT2D eigenvalue weighted by molar-refractivity contribution is 6.14. The van der Waals surface area contributed by atoms with Crippen LogP contribution in [0.1, 0.15) is 11.1 Å². The van der Waals surface area contributed by atoms with E-state index in [-0.39, 0.29) is 0 Å². The van der Waals surface area contributed by atoms with Gasteiger partial charge >= 0.3 is 0 Å². The second-order valence-electron chi connectivity index (χ2n) is 12.0. The summed E-state index contributed by atoms with van der Waals surface area (Å²) in [5, 5.41) is 25.2. The summed E-state index contributed by atoms with van der Waals surface area (Å²) in [6.45, 7) is 0. The number of nitriles is 2. The molecule has 48 heavy (non-hydrogen) atoms. The molecule has 9 rings (SSSR count). The van der Waals surface area contributed by atoms with Crippen molar-refractivity contribution in [2.24, 2.45) is 0 Å². The van der Waals surface area contributed by atoms with Gasteiger partial charge in [-0.2, -0.15) is 10.5 Å². The molecule has 4 heteroatoms. The minimum Gasteiger partial charge on any atom is -0.309 e. The molecule has 0 bridgehead atoms. The van der Waals surface area contributed by atoms with Gasteiger partial charge < -0.3 is 9.13 Å². The second-order valence-corrected chi connectivity index (χ2v) is 12.0. The van der Waals surface area contributed by atoms with E-state index in [1.807, 2.05) is 24.3 Å². The van der Waals surface area contributed by atoms with E-state index in [0.29, 0.717) is 16.7 Å². The topological polar surface area (TPSA) is 57.4 Å². The monoisotopic (exact) mass is 610 g/mol. The first-order valence-electron chi connectivity index (χ1n) is 15.9. The van der Waals surface area contributed by atoms with Crippen molar-refractivity contribution in [3.63, 3.8) is 0 Å². The predicted octanol–water partition coefficient (Wildman–Crippen LogP) is 11.0. The van der Waals surface area contributed by atoms with E-state index in [1.165, 1.54) is 0 Å². The minimum atomic E-state index is 0.471. The molecule has 0 radical (unpaired) electrons. The SMILES string of the molecule is N#Cc1cccc(C#N)c1-c1cc2c(cc1-c1ccc3c(c1)c1ccccc1n3-c1ccccc1)c1ccccc1n2-c1ccccc1. The Bertz CT molecular complexity index is 2760. The van der Waals surface area contributed by atoms with Crippen molar-refractivity contribution < 1.29 is 0 Å². The Hall–Kier alpha value is -6.88. The van der Waals surface area contributed by atoms with Crippen LogP contribution in [0.5, 0.6) is 0 Å². The van der Waals surface area contributed by atoms with Crippen LogP contribution < -0.4 is 0 Å². The van der Waals surface area contributed by atoms with E-state index >= 15 is 0 Å². The zero-order valence-corrected chi connectivity index (χ0v) is 25.8. The highest BCUT2D eigenvalue weighted by Crippen LogP contribution is 2.44. The second kappa shape index (κ2) is 10.9. The van der Waals surface area contributed by atoms with Gasteiger partial charge in [-0.3, -0.25) is 0 Å². The largest absolute Gasteiger partial charge is 0.309 e. The summed E-state index contributed by atoms with van der Waals surface area (Å²) in [6.07, 6.45) is 0. The molecule has 0 N–H and O–H groups in total. The number of nitrogens with zero attached hydrogens (tertiary/aromatic N) is 4. The molecule has 0 fully saturated rings. The Labute approximate surface area is 277 Å². The van der Waals surface area contributed by atoms with Gasteiger partial charge in [-0.25, -0.2) is 0 Å². The third-order valence-electron chi connectivity index (χ3n) is 9.40. The van der Waals surface area contributed by atoms with E-state index in [2.05, 4.69) is 137 Å². The van der Waals surface area contributed by atoms with Crippen molar-refractivity contribution in [2.45, 2.75) is 0 Å². The first-order chi connectivity index (χ1) is 23.7. The van der Waals surface area contributed by atoms with Crippen molar-refractivity contribution in [1.82, 2.24) is 9.13 Å². The zero-order valence-electron chi connectivity index (χ0n) is 25.8. The number of hydrogen-bond acceptors (Lipinski definition) is 2. The summed E-state index contributed by atoms with van der Waals surface area (Å²) >= 11 is 0. The maximum Gasteiger partial charge on any atom is 0.0998 e. The molecule has 0 spiro atoms. The Morgan fingerprint density at radius 2 is 0.875 bits per heavy atom. The van der Waals surface area contributed by atoms with Crippen LogP contribution in [-0.4, -0.2) is 9.13 Å². The average molecular weight is 611 g/mol. The van der Waals surface area contributed by atoms with Crippen LogP contribution >= 0.6 is 0 Å². The molecule has 9 aromatic rings. The number of para-hydroxylation sites is 4. The summed E-state index contributed by atoms with van der Waals surface area (Å²) in [7, 11) is 0. The lowest BCUT2D eigenvalue weighted by molar-refractivity contribution is 1.18. The van der Waals surface area contributed by atoms with Gasteiger partial charge in [-0.05, 0) is 89.5 Å². The molecule has 7 aromatic carbocycles. The fourth-order valence-electron chi connectivity index (χ4n) is 7.34. The number of aromatic nitrogens is 2. The number of hydrogen-bond donors (Lipinski definition) is 0. The van der Waals surface area contributed by atoms with Gasteiger partial charge in [0.25, 0.3) is 0 Å². The molecule has 0 aliphatic rings. The molecule has 4 nitrogen and oxygen atoms in total. The van der Waals surface area contributed by atoms with E-state index in [1.54, 1.807) is 18.2 Å². The molecule has 0 unspecified atom stereocenters. The van der Waals surface area contributed by atoms with Crippen LogP contribution in [0.2, 0.25) is 0 Å². The summed E-state index contributed by atoms with van der Waals surface area (Å²) in [4.78, 5) is 0. The van der Waals surface area contributed by atoms with Crippen molar-refractivity contribution >= 4 is 43.6 Å². The van der Waals surface area contributed by atoms with Gasteiger partial charge in [0.2, 0.25) is 0 Å². The third-order valence-corrected chi connectivity index (χ3v) is 9.40. The lowest BCUT2D eigenvalue weighted by Gasteiger charge is -2.16. The molecule has 2 aromatic heterocycles. The molecule has 0 saturated carbocycles. The van der Waals surface area contributed by atoms with Gasteiger partial charge in [0.15, 0.2) is 0 Å². The van der Waals surface area contributed by atoms with Gasteiger partial charge in [0, 0.05) is 38.5 Å². The minimum absolute atomic E-state index is 0.471. The fourth-order valence-corrected chi connectivity index (χ4v) is 7.34. The Balaban J connectivity index is 1.41. The molecule has 0 saturated heterocycles. The molecule has 2 heterocycles. The normalized spacial score (nSPS) is 11.3. The molecule has 222 valence electrons. The van der Waals surface area contributed by atoms with Crippen molar-refractivity contribution in [3.8, 4) is 45.8 Å². The molecular weight excluding hydrogens is 585 g/mol. The predicted molar refractivity (Wildman–Crippen MR) is 195 cm³/mol. The first-order valence-corrected chi connectivity index (χ1v) is 15.9. The van der Waals surface area contributed by atoms with E-state index in [9.17, 15) is 10.5 Å². The number of fused-ring (bicyclic) bond motifs is 6. The molecule has 0 atom stereocenters. The maximum absolute atomic E-state index is 10.3. The number of rotatable bonds is 4. The molecule has 0 aliphatic carbocycles. The van der Waals surface area contributed by atoms with Crippen LogP contribution in [0.3, 0.4) is 0 Å². The summed E-state index contributed by atoms with van der Waals surface area (Å²) in [5.74, 6) is 0. The zero-order chi connectivity index (χ0) is 32.2. The molecule has 0 amide bonds. The first kappa shape index (κ1) is 27.4. The van der Waals surface area contributed by atoms with Gasteiger partial charge in [-0.1, -0.05) is 84.9 Å². The van der Waals surface area contributed by atoms with Crippen LogP contribution in [0.25, 0.3) is 77.2 Å². The summed E-state index contributed by atoms with van der Waals surface area (Å²) < 4.78 is 4.58. The van der Waals surface area contributed by atoms with Crippen LogP contribution in [-0.2, 0) is 0 Å². The van der Waals surface area contributed by atoms with Crippen LogP contribution in [0.15, 0.2) is 158 Å². The van der Waals surface area contributed by atoms with Gasteiger partial charge in [0.05, 0.1) is 45.3 Å². The fraction of sp³-hybridized carbons (Fsp3) is 0. The lowest BCUT2D eigenvalue weighted by Crippen LogP contribution is -1.97. The smallest absolute Gasteiger partial charge is 0.0998 e. The third kappa shape index (κ3) is 4.07. The highest BCUT2D eigenvalue weighted by Gasteiger charge is 2.22. The van der Waals surface area contributed by atoms with E-state index < -0.39 is 0 Å². The van der Waals surface area contributed by atoms with Crippen molar-refractivity contribution in [1.29, 1.82) is 10.5 Å². The summed E-state index contributed by atoms with van der Waals surface area (Å²) in [5.41, 5.74) is 10.9. The van der Waals surface area contributed by atoms with E-state index in [4.69, 9.17) is 0 Å². The number of benzene rings is 7.